The third kappa shape index (κ3) is 2.96. The van der Waals surface area contributed by atoms with Crippen molar-refractivity contribution in [1.82, 2.24) is 9.97 Å². The van der Waals surface area contributed by atoms with Gasteiger partial charge in [0.05, 0.1) is 6.54 Å². The highest BCUT2D eigenvalue weighted by molar-refractivity contribution is 9.10. The predicted molar refractivity (Wildman–Crippen MR) is 87.6 cm³/mol. The second kappa shape index (κ2) is 5.69. The van der Waals surface area contributed by atoms with E-state index in [1.165, 1.54) is 17.7 Å². The lowest BCUT2D eigenvalue weighted by molar-refractivity contribution is 0.915. The highest BCUT2D eigenvalue weighted by atomic mass is 79.9. The maximum Gasteiger partial charge on any atom is 0.136 e. The van der Waals surface area contributed by atoms with E-state index in [-0.39, 0.29) is 0 Å². The van der Waals surface area contributed by atoms with Gasteiger partial charge in [-0.1, -0.05) is 0 Å². The number of anilines is 2. The van der Waals surface area contributed by atoms with Crippen LogP contribution in [-0.4, -0.2) is 17.0 Å². The molecule has 0 atom stereocenters. The number of rotatable bonds is 5. The van der Waals surface area contributed by atoms with Crippen molar-refractivity contribution in [2.24, 2.45) is 0 Å². The lowest BCUT2D eigenvalue weighted by Crippen LogP contribution is -2.09. The quantitative estimate of drug-likeness (QED) is 0.848. The Balaban J connectivity index is 1.81. The number of hydrogen-bond donors (Lipinski definition) is 2. The lowest BCUT2D eigenvalue weighted by atomic mass is 10.2. The number of nitrogens with zero attached hydrogens (tertiary/aromatic N) is 2. The number of aromatic nitrogens is 2. The van der Waals surface area contributed by atoms with Gasteiger partial charge in [-0.3, -0.25) is 0 Å². The predicted octanol–water partition coefficient (Wildman–Crippen LogP) is 4.14. The molecule has 0 saturated heterocycles. The van der Waals surface area contributed by atoms with E-state index in [9.17, 15) is 0 Å². The van der Waals surface area contributed by atoms with E-state index in [1.807, 2.05) is 7.05 Å². The topological polar surface area (TPSA) is 49.8 Å². The average molecular weight is 353 g/mol. The fourth-order valence-electron chi connectivity index (χ4n) is 2.09. The van der Waals surface area contributed by atoms with Crippen LogP contribution >= 0.6 is 27.3 Å². The second-order valence-electron chi connectivity index (χ2n) is 5.01. The zero-order valence-corrected chi connectivity index (χ0v) is 13.9. The minimum Gasteiger partial charge on any atom is -0.373 e. The Morgan fingerprint density at radius 3 is 2.70 bits per heavy atom. The molecule has 106 valence electrons. The SMILES string of the molecule is CNc1nc(C2CC2)nc(NCc2cc(Br)cs2)c1C. The number of thiophene rings is 1. The number of halogens is 1. The van der Waals surface area contributed by atoms with Gasteiger partial charge in [0.15, 0.2) is 0 Å². The summed E-state index contributed by atoms with van der Waals surface area (Å²) in [6, 6.07) is 2.13. The fourth-order valence-corrected chi connectivity index (χ4v) is 3.48. The summed E-state index contributed by atoms with van der Waals surface area (Å²) in [6.07, 6.45) is 2.42. The maximum atomic E-state index is 4.70. The van der Waals surface area contributed by atoms with Gasteiger partial charge in [0.2, 0.25) is 0 Å². The summed E-state index contributed by atoms with van der Waals surface area (Å²) in [5, 5.41) is 8.70. The van der Waals surface area contributed by atoms with Crippen molar-refractivity contribution in [3.05, 3.63) is 32.2 Å². The van der Waals surface area contributed by atoms with Crippen LogP contribution in [0.25, 0.3) is 0 Å². The molecule has 3 rings (SSSR count). The van der Waals surface area contributed by atoms with E-state index in [0.717, 1.165) is 34.0 Å². The minimum absolute atomic E-state index is 0.555. The summed E-state index contributed by atoms with van der Waals surface area (Å²) in [7, 11) is 1.91. The molecule has 1 fully saturated rings. The standard InChI is InChI=1S/C14H17BrN4S/c1-8-12(16-2)18-14(9-3-4-9)19-13(8)17-6-11-5-10(15)7-20-11/h5,7,9H,3-4,6H2,1-2H3,(H2,16,17,18,19). The number of nitrogens with one attached hydrogen (secondary N) is 2. The van der Waals surface area contributed by atoms with Crippen LogP contribution in [0.15, 0.2) is 15.9 Å². The van der Waals surface area contributed by atoms with Gasteiger partial charge < -0.3 is 10.6 Å². The summed E-state index contributed by atoms with van der Waals surface area (Å²) in [5.74, 6) is 3.39. The second-order valence-corrected chi connectivity index (χ2v) is 6.92. The third-order valence-electron chi connectivity index (χ3n) is 3.39. The van der Waals surface area contributed by atoms with Gasteiger partial charge in [0.25, 0.3) is 0 Å². The Bertz CT molecular complexity index is 622. The van der Waals surface area contributed by atoms with Crippen molar-refractivity contribution in [2.45, 2.75) is 32.2 Å². The van der Waals surface area contributed by atoms with Crippen molar-refractivity contribution in [1.29, 1.82) is 0 Å². The molecule has 1 saturated carbocycles. The minimum atomic E-state index is 0.555. The van der Waals surface area contributed by atoms with Crippen molar-refractivity contribution in [3.63, 3.8) is 0 Å². The van der Waals surface area contributed by atoms with Gasteiger partial charge in [-0.2, -0.15) is 0 Å². The van der Waals surface area contributed by atoms with Crippen LogP contribution in [-0.2, 0) is 6.54 Å². The first-order chi connectivity index (χ1) is 9.67. The molecule has 1 aliphatic carbocycles. The van der Waals surface area contributed by atoms with Gasteiger partial charge in [0, 0.05) is 33.3 Å². The first-order valence-corrected chi connectivity index (χ1v) is 8.37. The van der Waals surface area contributed by atoms with E-state index in [2.05, 4.69) is 49.9 Å². The molecule has 2 N–H and O–H groups in total. The molecular weight excluding hydrogens is 336 g/mol. The average Bonchev–Trinajstić information content (AvgIpc) is 3.21. The fraction of sp³-hybridized carbons (Fsp3) is 0.429. The Morgan fingerprint density at radius 1 is 1.35 bits per heavy atom. The molecule has 0 unspecified atom stereocenters. The van der Waals surface area contributed by atoms with Crippen LogP contribution in [0, 0.1) is 6.92 Å². The van der Waals surface area contributed by atoms with Crippen molar-refractivity contribution < 1.29 is 0 Å². The third-order valence-corrected chi connectivity index (χ3v) is 5.09. The van der Waals surface area contributed by atoms with Crippen LogP contribution in [0.4, 0.5) is 11.6 Å². The Morgan fingerprint density at radius 2 is 2.10 bits per heavy atom. The van der Waals surface area contributed by atoms with E-state index >= 15 is 0 Å². The Hall–Kier alpha value is -1.14. The van der Waals surface area contributed by atoms with Crippen LogP contribution in [0.1, 0.15) is 35.0 Å². The molecule has 0 aliphatic heterocycles. The highest BCUT2D eigenvalue weighted by Crippen LogP contribution is 2.39. The number of hydrogen-bond acceptors (Lipinski definition) is 5. The van der Waals surface area contributed by atoms with Crippen LogP contribution < -0.4 is 10.6 Å². The van der Waals surface area contributed by atoms with Gasteiger partial charge in [0.1, 0.15) is 17.5 Å². The molecular formula is C14H17BrN4S. The first kappa shape index (κ1) is 13.8. The van der Waals surface area contributed by atoms with Crippen molar-refractivity contribution >= 4 is 38.9 Å². The molecule has 0 radical (unpaired) electrons. The molecule has 6 heteroatoms. The summed E-state index contributed by atoms with van der Waals surface area (Å²) in [5.41, 5.74) is 1.08. The lowest BCUT2D eigenvalue weighted by Gasteiger charge is -2.13. The van der Waals surface area contributed by atoms with E-state index in [4.69, 9.17) is 4.98 Å². The van der Waals surface area contributed by atoms with Gasteiger partial charge in [-0.15, -0.1) is 11.3 Å². The highest BCUT2D eigenvalue weighted by Gasteiger charge is 2.28. The van der Waals surface area contributed by atoms with E-state index < -0.39 is 0 Å². The molecule has 20 heavy (non-hydrogen) atoms. The van der Waals surface area contributed by atoms with Crippen LogP contribution in [0.2, 0.25) is 0 Å². The molecule has 0 aromatic carbocycles. The molecule has 0 amide bonds. The van der Waals surface area contributed by atoms with Gasteiger partial charge in [-0.25, -0.2) is 9.97 Å². The summed E-state index contributed by atoms with van der Waals surface area (Å²) in [6.45, 7) is 2.84. The van der Waals surface area contributed by atoms with E-state index in [0.29, 0.717) is 5.92 Å². The molecule has 0 spiro atoms. The molecule has 2 heterocycles. The van der Waals surface area contributed by atoms with Crippen LogP contribution in [0.5, 0.6) is 0 Å². The normalized spacial score (nSPS) is 14.3. The molecule has 1 aliphatic rings. The van der Waals surface area contributed by atoms with Crippen LogP contribution in [0.3, 0.4) is 0 Å². The van der Waals surface area contributed by atoms with Gasteiger partial charge in [-0.05, 0) is 41.8 Å². The van der Waals surface area contributed by atoms with Crippen molar-refractivity contribution in [2.75, 3.05) is 17.7 Å². The van der Waals surface area contributed by atoms with Gasteiger partial charge >= 0.3 is 0 Å². The Kier molecular flexibility index (Phi) is 3.94. The summed E-state index contributed by atoms with van der Waals surface area (Å²) >= 11 is 5.22. The first-order valence-electron chi connectivity index (χ1n) is 6.70. The smallest absolute Gasteiger partial charge is 0.136 e. The maximum absolute atomic E-state index is 4.70. The zero-order chi connectivity index (χ0) is 14.1. The largest absolute Gasteiger partial charge is 0.373 e. The van der Waals surface area contributed by atoms with E-state index in [1.54, 1.807) is 11.3 Å². The van der Waals surface area contributed by atoms with Crippen molar-refractivity contribution in [3.8, 4) is 0 Å². The molecule has 4 nitrogen and oxygen atoms in total. The monoisotopic (exact) mass is 352 g/mol. The summed E-state index contributed by atoms with van der Waals surface area (Å²) in [4.78, 5) is 10.6. The summed E-state index contributed by atoms with van der Waals surface area (Å²) < 4.78 is 1.13. The molecule has 2 aromatic heterocycles. The Labute approximate surface area is 131 Å². The molecule has 2 aromatic rings. The molecule has 0 bridgehead atoms. The zero-order valence-electron chi connectivity index (χ0n) is 11.5.